The monoisotopic (exact) mass is 746 g/mol. The van der Waals surface area contributed by atoms with Crippen LogP contribution in [0.3, 0.4) is 0 Å². The Labute approximate surface area is 324 Å². The fourth-order valence-corrected chi connectivity index (χ4v) is 21.0. The molecule has 0 saturated heterocycles. The molecule has 4 nitrogen and oxygen atoms in total. The van der Waals surface area contributed by atoms with E-state index >= 15 is 0 Å². The Bertz CT molecular complexity index is 1950. The third-order valence-electron chi connectivity index (χ3n) is 15.0. The SMILES string of the molecule is c1ccc(-c2cc(CP(c3cnccn3)c3cnccn3)c(CP(C34CC5CC(CC(C5)C3)C4)C34CC5CC(CC(C5)C3)C4)cc2-c2ccccc2)cc1. The third-order valence-corrected chi connectivity index (χ3v) is 21.2. The Morgan fingerprint density at radius 3 is 1.24 bits per heavy atom. The first kappa shape index (κ1) is 34.0. The molecular formula is C48H52N4P2. The average Bonchev–Trinajstić information content (AvgIpc) is 3.19. The summed E-state index contributed by atoms with van der Waals surface area (Å²) < 4.78 is 0. The fraction of sp³-hybridized carbons (Fsp3) is 0.458. The number of nitrogens with zero attached hydrogens (tertiary/aromatic N) is 4. The van der Waals surface area contributed by atoms with Crippen LogP contribution in [-0.4, -0.2) is 30.2 Å². The van der Waals surface area contributed by atoms with Gasteiger partial charge in [-0.05, 0) is 175 Å². The van der Waals surface area contributed by atoms with Crippen molar-refractivity contribution in [3.8, 4) is 22.3 Å². The van der Waals surface area contributed by atoms with Gasteiger partial charge in [0.2, 0.25) is 0 Å². The highest BCUT2D eigenvalue weighted by Crippen LogP contribution is 2.79. The lowest BCUT2D eigenvalue weighted by Gasteiger charge is -2.67. The smallest absolute Gasteiger partial charge is 0.0877 e. The van der Waals surface area contributed by atoms with Gasteiger partial charge in [0.15, 0.2) is 0 Å². The highest BCUT2D eigenvalue weighted by Gasteiger charge is 2.62. The van der Waals surface area contributed by atoms with E-state index in [1.165, 1.54) is 111 Å². The molecule has 0 amide bonds. The Hall–Kier alpha value is -3.32. The van der Waals surface area contributed by atoms with Crippen molar-refractivity contribution in [3.63, 3.8) is 0 Å². The molecule has 274 valence electrons. The van der Waals surface area contributed by atoms with E-state index in [9.17, 15) is 0 Å². The van der Waals surface area contributed by atoms with Crippen LogP contribution in [0, 0.1) is 35.5 Å². The molecule has 3 aromatic carbocycles. The molecule has 54 heavy (non-hydrogen) atoms. The van der Waals surface area contributed by atoms with Crippen molar-refractivity contribution < 1.29 is 0 Å². The topological polar surface area (TPSA) is 51.6 Å². The van der Waals surface area contributed by atoms with Crippen LogP contribution in [0.15, 0.2) is 110 Å². The zero-order valence-electron chi connectivity index (χ0n) is 31.4. The molecule has 13 rings (SSSR count). The van der Waals surface area contributed by atoms with Gasteiger partial charge in [-0.2, -0.15) is 0 Å². The minimum absolute atomic E-state index is 0.229. The largest absolute Gasteiger partial charge is 0.261 e. The van der Waals surface area contributed by atoms with E-state index in [2.05, 4.69) is 82.8 Å². The maximum absolute atomic E-state index is 4.94. The predicted octanol–water partition coefficient (Wildman–Crippen LogP) is 11.2. The molecule has 0 aliphatic heterocycles. The van der Waals surface area contributed by atoms with Crippen LogP contribution in [0.4, 0.5) is 0 Å². The molecule has 8 aliphatic rings. The van der Waals surface area contributed by atoms with Gasteiger partial charge in [-0.1, -0.05) is 68.6 Å². The van der Waals surface area contributed by atoms with Crippen molar-refractivity contribution in [2.45, 2.75) is 99.7 Å². The van der Waals surface area contributed by atoms with Gasteiger partial charge in [0.05, 0.1) is 23.3 Å². The van der Waals surface area contributed by atoms with E-state index < -0.39 is 7.92 Å². The van der Waals surface area contributed by atoms with Crippen molar-refractivity contribution >= 4 is 26.7 Å². The van der Waals surface area contributed by atoms with E-state index in [4.69, 9.17) is 9.97 Å². The van der Waals surface area contributed by atoms with Crippen LogP contribution in [0.2, 0.25) is 0 Å². The number of hydrogen-bond acceptors (Lipinski definition) is 4. The van der Waals surface area contributed by atoms with Gasteiger partial charge in [-0.3, -0.25) is 19.9 Å². The van der Waals surface area contributed by atoms with Gasteiger partial charge >= 0.3 is 0 Å². The first-order chi connectivity index (χ1) is 26.6. The lowest BCUT2D eigenvalue weighted by Crippen LogP contribution is -2.56. The molecule has 8 fully saturated rings. The Morgan fingerprint density at radius 2 is 0.870 bits per heavy atom. The summed E-state index contributed by atoms with van der Waals surface area (Å²) in [5.41, 5.74) is 10.5. The minimum Gasteiger partial charge on any atom is -0.261 e. The molecule has 0 atom stereocenters. The zero-order chi connectivity index (χ0) is 35.7. The number of hydrogen-bond donors (Lipinski definition) is 0. The summed E-state index contributed by atoms with van der Waals surface area (Å²) in [5.74, 6) is 5.90. The minimum atomic E-state index is -0.908. The molecule has 2 aromatic heterocycles. The van der Waals surface area contributed by atoms with Crippen molar-refractivity contribution in [2.75, 3.05) is 0 Å². The Balaban J connectivity index is 1.10. The number of aromatic nitrogens is 4. The van der Waals surface area contributed by atoms with Gasteiger partial charge in [-0.25, -0.2) is 0 Å². The molecular weight excluding hydrogens is 695 g/mol. The average molecular weight is 747 g/mol. The summed E-state index contributed by atoms with van der Waals surface area (Å²) in [4.78, 5) is 19.1. The van der Waals surface area contributed by atoms with Gasteiger partial charge in [-0.15, -0.1) is 0 Å². The maximum atomic E-state index is 4.94. The first-order valence-corrected chi connectivity index (χ1v) is 24.0. The number of benzene rings is 3. The quantitative estimate of drug-likeness (QED) is 0.134. The number of rotatable bonds is 10. The highest BCUT2D eigenvalue weighted by molar-refractivity contribution is 7.71. The van der Waals surface area contributed by atoms with Gasteiger partial charge in [0.1, 0.15) is 0 Å². The Kier molecular flexibility index (Phi) is 8.62. The van der Waals surface area contributed by atoms with Gasteiger partial charge < -0.3 is 0 Å². The Morgan fingerprint density at radius 1 is 0.481 bits per heavy atom. The second-order valence-corrected chi connectivity index (χ2v) is 23.6. The second-order valence-electron chi connectivity index (χ2n) is 18.5. The molecule has 2 heterocycles. The fourth-order valence-electron chi connectivity index (χ4n) is 13.8. The van der Waals surface area contributed by atoms with E-state index in [1.54, 1.807) is 18.0 Å². The van der Waals surface area contributed by atoms with Crippen LogP contribution in [-0.2, 0) is 12.3 Å². The van der Waals surface area contributed by atoms with Gasteiger partial charge in [0.25, 0.3) is 0 Å². The summed E-state index contributed by atoms with van der Waals surface area (Å²) in [7, 11) is -1.14. The lowest BCUT2D eigenvalue weighted by atomic mass is 9.55. The standard InChI is InChI=1S/C48H52N4P2/c1-3-7-39(8-4-1)43-21-41(31-53(45-29-49-11-13-51-45)46-30-50-12-14-52-46)42(22-44(43)40-9-5-2-6-10-40)32-54(47-23-33-15-34(24-47)17-35(16-33)25-47)48-26-36-18-37(27-48)20-38(19-36)28-48/h1-14,21-22,29-30,33-38H,15-20,23-28,31-32H2. The summed E-state index contributed by atoms with van der Waals surface area (Å²) in [6.45, 7) is 0. The third kappa shape index (κ3) is 6.10. The van der Waals surface area contributed by atoms with Crippen LogP contribution in [0.25, 0.3) is 22.3 Å². The van der Waals surface area contributed by atoms with Crippen LogP contribution >= 0.6 is 15.8 Å². The summed E-state index contributed by atoms with van der Waals surface area (Å²) in [5, 5.41) is 1.14. The molecule has 0 N–H and O–H groups in total. The summed E-state index contributed by atoms with van der Waals surface area (Å²) >= 11 is 0. The lowest BCUT2D eigenvalue weighted by molar-refractivity contribution is 0.0184. The molecule has 8 aliphatic carbocycles. The molecule has 6 heteroatoms. The normalized spacial score (nSPS) is 32.3. The van der Waals surface area contributed by atoms with Crippen LogP contribution < -0.4 is 10.9 Å². The van der Waals surface area contributed by atoms with Crippen molar-refractivity contribution in [1.29, 1.82) is 0 Å². The highest BCUT2D eigenvalue weighted by atomic mass is 31.1. The van der Waals surface area contributed by atoms with E-state index in [1.807, 2.05) is 24.8 Å². The summed E-state index contributed by atoms with van der Waals surface area (Å²) in [6, 6.07) is 27.7. The molecule has 0 unspecified atom stereocenters. The molecule has 8 bridgehead atoms. The van der Waals surface area contributed by atoms with Crippen molar-refractivity contribution in [1.82, 2.24) is 19.9 Å². The second kappa shape index (κ2) is 13.7. The maximum Gasteiger partial charge on any atom is 0.0877 e. The van der Waals surface area contributed by atoms with Crippen LogP contribution in [0.5, 0.6) is 0 Å². The zero-order valence-corrected chi connectivity index (χ0v) is 33.2. The van der Waals surface area contributed by atoms with Crippen LogP contribution in [0.1, 0.15) is 88.2 Å². The van der Waals surface area contributed by atoms with Gasteiger partial charge in [0, 0.05) is 38.9 Å². The molecule has 5 aromatic rings. The van der Waals surface area contributed by atoms with E-state index in [0.29, 0.717) is 10.3 Å². The van der Waals surface area contributed by atoms with Crippen molar-refractivity contribution in [3.05, 3.63) is 121 Å². The van der Waals surface area contributed by atoms with Crippen molar-refractivity contribution in [2.24, 2.45) is 35.5 Å². The van der Waals surface area contributed by atoms with E-state index in [0.717, 1.165) is 52.5 Å². The molecule has 8 saturated carbocycles. The summed E-state index contributed by atoms with van der Waals surface area (Å²) in [6.07, 6.45) is 31.8. The predicted molar refractivity (Wildman–Crippen MR) is 224 cm³/mol. The molecule has 0 spiro atoms. The van der Waals surface area contributed by atoms with E-state index in [-0.39, 0.29) is 7.92 Å². The molecule has 0 radical (unpaired) electrons. The first-order valence-electron chi connectivity index (χ1n) is 20.9.